The number of aromatic nitrogens is 6. The molecule has 0 aliphatic carbocycles. The smallest absolute Gasteiger partial charge is 0.352 e. The summed E-state index contributed by atoms with van der Waals surface area (Å²) in [6, 6.07) is 11.0. The Labute approximate surface area is 276 Å². The fourth-order valence-electron chi connectivity index (χ4n) is 5.40. The minimum absolute atomic E-state index is 0.0134. The number of amides is 1. The van der Waals surface area contributed by atoms with Crippen LogP contribution in [0.4, 0.5) is 0 Å². The summed E-state index contributed by atoms with van der Waals surface area (Å²) < 4.78 is 7.88. The molecule has 1 aliphatic heterocycles. The van der Waals surface area contributed by atoms with E-state index in [-0.39, 0.29) is 51.8 Å². The zero-order valence-corrected chi connectivity index (χ0v) is 27.5. The van der Waals surface area contributed by atoms with E-state index < -0.39 is 0 Å². The van der Waals surface area contributed by atoms with E-state index in [0.717, 1.165) is 47.4 Å². The SMILES string of the molecule is CCNC(=O)c1noc(-c2cc(C(C)C)c(O)cc2O)c1-c1ccc(CN2CCN(C)CC2)cc1.Cn1nnc2c(C=O)ncn2c1=O. The molecule has 0 bridgehead atoms. The van der Waals surface area contributed by atoms with Crippen LogP contribution >= 0.6 is 0 Å². The number of nitrogens with one attached hydrogen (secondary N) is 1. The molecule has 1 amide bonds. The Balaban J connectivity index is 0.000000288. The largest absolute Gasteiger partial charge is 0.508 e. The Hall–Kier alpha value is -5.41. The van der Waals surface area contributed by atoms with Crippen molar-refractivity contribution in [3.05, 3.63) is 75.7 Å². The van der Waals surface area contributed by atoms with Gasteiger partial charge in [0.1, 0.15) is 23.5 Å². The molecule has 5 aromatic rings. The monoisotopic (exact) mass is 657 g/mol. The standard InChI is InChI=1S/C27H34N4O4.C6H5N5O2/c1-5-28-27(34)25-24(19-8-6-18(7-9-19)16-31-12-10-30(4)11-13-31)26(35-29-25)21-14-20(17(2)3)22(32)15-23(21)33;1-10-6(13)11-3-7-4(2-12)5(11)8-9-10/h6-9,14-15,17,32-33H,5,10-13,16H2,1-4H3,(H,28,34);2-3H,1H3. The molecule has 1 saturated heterocycles. The van der Waals surface area contributed by atoms with Gasteiger partial charge in [-0.15, -0.1) is 5.10 Å². The highest BCUT2D eigenvalue weighted by atomic mass is 16.5. The molecule has 4 heterocycles. The lowest BCUT2D eigenvalue weighted by Crippen LogP contribution is -2.43. The van der Waals surface area contributed by atoms with Crippen molar-refractivity contribution in [2.75, 3.05) is 39.8 Å². The van der Waals surface area contributed by atoms with Crippen molar-refractivity contribution in [3.8, 4) is 33.9 Å². The van der Waals surface area contributed by atoms with Gasteiger partial charge in [0.15, 0.2) is 23.4 Å². The number of imidazole rings is 1. The van der Waals surface area contributed by atoms with Crippen LogP contribution in [0.25, 0.3) is 28.1 Å². The first-order chi connectivity index (χ1) is 23.0. The van der Waals surface area contributed by atoms with Gasteiger partial charge in [-0.3, -0.25) is 14.5 Å². The average Bonchev–Trinajstić information content (AvgIpc) is 3.70. The predicted octanol–water partition coefficient (Wildman–Crippen LogP) is 2.68. The van der Waals surface area contributed by atoms with Crippen molar-refractivity contribution >= 4 is 17.8 Å². The van der Waals surface area contributed by atoms with Gasteiger partial charge in [0.25, 0.3) is 5.91 Å². The second-order valence-electron chi connectivity index (χ2n) is 11.9. The number of carbonyl (C=O) groups is 2. The molecule has 48 heavy (non-hydrogen) atoms. The first kappa shape index (κ1) is 33.9. The van der Waals surface area contributed by atoms with Crippen molar-refractivity contribution in [1.82, 2.24) is 44.7 Å². The Kier molecular flexibility index (Phi) is 10.3. The van der Waals surface area contributed by atoms with Gasteiger partial charge in [0.05, 0.1) is 11.1 Å². The Morgan fingerprint density at radius 1 is 1.06 bits per heavy atom. The van der Waals surface area contributed by atoms with Gasteiger partial charge in [0.2, 0.25) is 0 Å². The summed E-state index contributed by atoms with van der Waals surface area (Å²) in [5, 5.41) is 35.0. The third-order valence-corrected chi connectivity index (χ3v) is 8.14. The quantitative estimate of drug-likeness (QED) is 0.208. The summed E-state index contributed by atoms with van der Waals surface area (Å²) in [7, 11) is 3.61. The van der Waals surface area contributed by atoms with Crippen molar-refractivity contribution < 1.29 is 24.3 Å². The number of rotatable bonds is 8. The number of likely N-dealkylation sites (N-methyl/N-ethyl adjacent to an activating group) is 1. The summed E-state index contributed by atoms with van der Waals surface area (Å²) in [5.74, 6) is -0.158. The number of nitrogens with zero attached hydrogens (tertiary/aromatic N) is 8. The third kappa shape index (κ3) is 7.11. The molecule has 3 N–H and O–H groups in total. The van der Waals surface area contributed by atoms with E-state index in [4.69, 9.17) is 4.52 Å². The highest BCUT2D eigenvalue weighted by molar-refractivity contribution is 6.02. The molecular weight excluding hydrogens is 618 g/mol. The van der Waals surface area contributed by atoms with Crippen LogP contribution in [-0.2, 0) is 13.6 Å². The maximum absolute atomic E-state index is 12.8. The molecule has 15 nitrogen and oxygen atoms in total. The van der Waals surface area contributed by atoms with Crippen molar-refractivity contribution in [1.29, 1.82) is 0 Å². The van der Waals surface area contributed by atoms with Crippen LogP contribution in [0.1, 0.15) is 58.8 Å². The Bertz CT molecular complexity index is 1970. The summed E-state index contributed by atoms with van der Waals surface area (Å²) in [6.45, 7) is 11.3. The fourth-order valence-corrected chi connectivity index (χ4v) is 5.40. The molecule has 6 rings (SSSR count). The Morgan fingerprint density at radius 2 is 1.77 bits per heavy atom. The van der Waals surface area contributed by atoms with E-state index in [1.165, 1.54) is 25.0 Å². The lowest BCUT2D eigenvalue weighted by atomic mass is 9.94. The number of phenols is 2. The lowest BCUT2D eigenvalue weighted by Gasteiger charge is -2.32. The normalized spacial score (nSPS) is 13.8. The number of aromatic hydroxyl groups is 2. The van der Waals surface area contributed by atoms with Gasteiger partial charge < -0.3 is 25.0 Å². The van der Waals surface area contributed by atoms with Crippen LogP contribution in [0.3, 0.4) is 0 Å². The highest BCUT2D eigenvalue weighted by Gasteiger charge is 2.27. The minimum Gasteiger partial charge on any atom is -0.508 e. The number of hydrogen-bond donors (Lipinski definition) is 3. The molecule has 0 radical (unpaired) electrons. The second kappa shape index (κ2) is 14.6. The summed E-state index contributed by atoms with van der Waals surface area (Å²) >= 11 is 0. The van der Waals surface area contributed by atoms with Gasteiger partial charge in [-0.05, 0) is 42.6 Å². The number of aryl methyl sites for hydroxylation is 1. The Morgan fingerprint density at radius 3 is 2.42 bits per heavy atom. The van der Waals surface area contributed by atoms with E-state index in [1.54, 1.807) is 6.07 Å². The fraction of sp³-hybridized carbons (Fsp3) is 0.364. The van der Waals surface area contributed by atoms with Crippen LogP contribution in [0, 0.1) is 0 Å². The van der Waals surface area contributed by atoms with Crippen molar-refractivity contribution in [2.24, 2.45) is 7.05 Å². The molecule has 0 unspecified atom stereocenters. The van der Waals surface area contributed by atoms with E-state index in [0.29, 0.717) is 29.5 Å². The molecule has 0 atom stereocenters. The zero-order chi connectivity index (χ0) is 34.5. The number of benzene rings is 2. The maximum atomic E-state index is 12.8. The lowest BCUT2D eigenvalue weighted by molar-refractivity contribution is 0.0947. The number of aldehydes is 1. The average molecular weight is 658 g/mol. The third-order valence-electron chi connectivity index (χ3n) is 8.14. The van der Waals surface area contributed by atoms with E-state index in [1.807, 2.05) is 32.9 Å². The summed E-state index contributed by atoms with van der Waals surface area (Å²) in [5.41, 5.74) is 3.58. The highest BCUT2D eigenvalue weighted by Crippen LogP contribution is 2.43. The molecule has 15 heteroatoms. The molecule has 3 aromatic heterocycles. The van der Waals surface area contributed by atoms with E-state index >= 15 is 0 Å². The first-order valence-corrected chi connectivity index (χ1v) is 15.6. The van der Waals surface area contributed by atoms with Gasteiger partial charge >= 0.3 is 5.69 Å². The van der Waals surface area contributed by atoms with Crippen LogP contribution < -0.4 is 11.0 Å². The number of carbonyl (C=O) groups excluding carboxylic acids is 2. The molecule has 0 saturated carbocycles. The van der Waals surface area contributed by atoms with Crippen molar-refractivity contribution in [2.45, 2.75) is 33.2 Å². The number of phenolic OH excluding ortho intramolecular Hbond substituents is 2. The summed E-state index contributed by atoms with van der Waals surface area (Å²) in [4.78, 5) is 43.0. The molecule has 1 aliphatic rings. The van der Waals surface area contributed by atoms with E-state index in [9.17, 15) is 24.6 Å². The molecule has 252 valence electrons. The molecular formula is C33H39N9O6. The van der Waals surface area contributed by atoms with Crippen molar-refractivity contribution in [3.63, 3.8) is 0 Å². The van der Waals surface area contributed by atoms with Crippen LogP contribution in [0.15, 0.2) is 52.0 Å². The van der Waals surface area contributed by atoms with Gasteiger partial charge in [-0.2, -0.15) is 4.68 Å². The van der Waals surface area contributed by atoms with Crippen LogP contribution in [-0.4, -0.2) is 102 Å². The second-order valence-corrected chi connectivity index (χ2v) is 11.9. The van der Waals surface area contributed by atoms with Gasteiger partial charge in [0, 0.05) is 52.4 Å². The number of fused-ring (bicyclic) bond motifs is 1. The molecule has 0 spiro atoms. The van der Waals surface area contributed by atoms with Gasteiger partial charge in [-0.1, -0.05) is 48.5 Å². The van der Waals surface area contributed by atoms with E-state index in [2.05, 4.69) is 54.7 Å². The summed E-state index contributed by atoms with van der Waals surface area (Å²) in [6.07, 6.45) is 1.78. The first-order valence-electron chi connectivity index (χ1n) is 15.6. The number of hydrogen-bond acceptors (Lipinski definition) is 12. The number of piperazine rings is 1. The molecule has 1 fully saturated rings. The minimum atomic E-state index is -0.384. The molecule has 2 aromatic carbocycles. The maximum Gasteiger partial charge on any atom is 0.352 e. The zero-order valence-electron chi connectivity index (χ0n) is 27.5. The van der Waals surface area contributed by atoms with Gasteiger partial charge in [-0.25, -0.2) is 14.2 Å². The van der Waals surface area contributed by atoms with Crippen LogP contribution in [0.5, 0.6) is 11.5 Å². The predicted molar refractivity (Wildman–Crippen MR) is 177 cm³/mol. The van der Waals surface area contributed by atoms with Crippen LogP contribution in [0.2, 0.25) is 0 Å². The topological polar surface area (TPSA) is 184 Å².